The Balaban J connectivity index is 1.53. The van der Waals surface area contributed by atoms with Gasteiger partial charge in [-0.05, 0) is 38.5 Å². The second-order valence-electron chi connectivity index (χ2n) is 8.47. The lowest BCUT2D eigenvalue weighted by atomic mass is 9.74. The van der Waals surface area contributed by atoms with Crippen LogP contribution in [-0.2, 0) is 17.6 Å². The molecule has 5 rings (SSSR count). The molecular weight excluding hydrogens is 316 g/mol. The van der Waals surface area contributed by atoms with Gasteiger partial charge in [-0.15, -0.1) is 0 Å². The molecule has 0 unspecified atom stereocenters. The van der Waals surface area contributed by atoms with Crippen LogP contribution in [0.5, 0.6) is 0 Å². The van der Waals surface area contributed by atoms with E-state index in [0.717, 1.165) is 50.5 Å². The maximum atomic E-state index is 9.87. The Bertz CT molecular complexity index is 694. The van der Waals surface area contributed by atoms with Crippen LogP contribution in [0.4, 0.5) is 11.8 Å². The van der Waals surface area contributed by atoms with Crippen molar-refractivity contribution < 1.29 is 9.84 Å². The molecule has 25 heavy (non-hydrogen) atoms. The average Bonchev–Trinajstić information content (AvgIpc) is 3.28. The first-order valence-electron chi connectivity index (χ1n) is 9.72. The van der Waals surface area contributed by atoms with Gasteiger partial charge in [-0.25, -0.2) is 4.98 Å². The molecule has 3 fully saturated rings. The van der Waals surface area contributed by atoms with Crippen molar-refractivity contribution in [2.45, 2.75) is 50.2 Å². The monoisotopic (exact) mass is 344 g/mol. The fourth-order valence-corrected chi connectivity index (χ4v) is 5.62. The van der Waals surface area contributed by atoms with Gasteiger partial charge in [-0.1, -0.05) is 0 Å². The molecule has 3 saturated heterocycles. The van der Waals surface area contributed by atoms with Gasteiger partial charge in [0, 0.05) is 51.2 Å². The molecule has 6 heteroatoms. The number of ether oxygens (including phenoxy) is 1. The molecule has 0 amide bonds. The molecule has 1 aromatic rings. The number of rotatable bonds is 3. The topological polar surface area (TPSA) is 61.7 Å². The van der Waals surface area contributed by atoms with Crippen LogP contribution < -0.4 is 9.80 Å². The van der Waals surface area contributed by atoms with Crippen molar-refractivity contribution in [3.8, 4) is 0 Å². The van der Waals surface area contributed by atoms with E-state index >= 15 is 0 Å². The Morgan fingerprint density at radius 3 is 2.92 bits per heavy atom. The quantitative estimate of drug-likeness (QED) is 0.894. The standard InChI is InChI=1S/C19H28N4O2/c1-22(2)18-20-15-6-4-3-5-12(15)17(21-18)23-9-14-13(10-24)16-7-8-19(14,11-23)25-16/h13-14,16,24H,3-11H2,1-2H3/t13-,14+,16+,19+/m0/s1. The number of aromatic nitrogens is 2. The van der Waals surface area contributed by atoms with Crippen LogP contribution in [0.3, 0.4) is 0 Å². The highest BCUT2D eigenvalue weighted by Gasteiger charge is 2.63. The fourth-order valence-electron chi connectivity index (χ4n) is 5.62. The Morgan fingerprint density at radius 2 is 2.12 bits per heavy atom. The van der Waals surface area contributed by atoms with Crippen LogP contribution in [0.25, 0.3) is 0 Å². The van der Waals surface area contributed by atoms with Crippen molar-refractivity contribution in [2.75, 3.05) is 43.6 Å². The van der Waals surface area contributed by atoms with Gasteiger partial charge >= 0.3 is 0 Å². The van der Waals surface area contributed by atoms with Gasteiger partial charge in [0.05, 0.1) is 17.4 Å². The molecule has 1 N–H and O–H groups in total. The summed E-state index contributed by atoms with van der Waals surface area (Å²) in [4.78, 5) is 14.2. The summed E-state index contributed by atoms with van der Waals surface area (Å²) in [6.07, 6.45) is 7.09. The molecule has 3 aliphatic heterocycles. The van der Waals surface area contributed by atoms with E-state index in [1.807, 2.05) is 19.0 Å². The summed E-state index contributed by atoms with van der Waals surface area (Å²) in [6, 6.07) is 0. The van der Waals surface area contributed by atoms with E-state index in [-0.39, 0.29) is 18.3 Å². The molecule has 4 atom stereocenters. The average molecular weight is 344 g/mol. The van der Waals surface area contributed by atoms with E-state index in [0.29, 0.717) is 11.8 Å². The van der Waals surface area contributed by atoms with Crippen LogP contribution in [0, 0.1) is 11.8 Å². The highest BCUT2D eigenvalue weighted by atomic mass is 16.5. The smallest absolute Gasteiger partial charge is 0.227 e. The lowest BCUT2D eigenvalue weighted by Crippen LogP contribution is -2.38. The fraction of sp³-hybridized carbons (Fsp3) is 0.789. The molecule has 4 heterocycles. The zero-order valence-electron chi connectivity index (χ0n) is 15.2. The third kappa shape index (κ3) is 2.23. The number of aryl methyl sites for hydroxylation is 1. The van der Waals surface area contributed by atoms with Gasteiger partial charge in [-0.3, -0.25) is 0 Å². The number of hydrogen-bond donors (Lipinski definition) is 1. The number of aliphatic hydroxyl groups excluding tert-OH is 1. The zero-order valence-corrected chi connectivity index (χ0v) is 15.2. The normalized spacial score (nSPS) is 35.8. The molecule has 136 valence electrons. The van der Waals surface area contributed by atoms with E-state index in [4.69, 9.17) is 14.7 Å². The van der Waals surface area contributed by atoms with Gasteiger partial charge in [0.1, 0.15) is 5.82 Å². The molecule has 6 nitrogen and oxygen atoms in total. The van der Waals surface area contributed by atoms with E-state index in [2.05, 4.69) is 4.90 Å². The van der Waals surface area contributed by atoms with Crippen molar-refractivity contribution in [1.82, 2.24) is 9.97 Å². The minimum Gasteiger partial charge on any atom is -0.396 e. The highest BCUT2D eigenvalue weighted by Crippen LogP contribution is 2.55. The molecule has 0 saturated carbocycles. The van der Waals surface area contributed by atoms with E-state index < -0.39 is 0 Å². The van der Waals surface area contributed by atoms with Crippen molar-refractivity contribution in [2.24, 2.45) is 11.8 Å². The lowest BCUT2D eigenvalue weighted by Gasteiger charge is -2.28. The highest BCUT2D eigenvalue weighted by molar-refractivity contribution is 5.55. The molecule has 2 bridgehead atoms. The Morgan fingerprint density at radius 1 is 1.28 bits per heavy atom. The largest absolute Gasteiger partial charge is 0.396 e. The lowest BCUT2D eigenvalue weighted by molar-refractivity contribution is 0.0128. The van der Waals surface area contributed by atoms with Gasteiger partial charge in [0.25, 0.3) is 0 Å². The zero-order chi connectivity index (χ0) is 17.2. The van der Waals surface area contributed by atoms with Crippen LogP contribution in [-0.4, -0.2) is 60.6 Å². The van der Waals surface area contributed by atoms with Gasteiger partial charge in [0.15, 0.2) is 0 Å². The molecule has 1 spiro atoms. The molecule has 1 aromatic heterocycles. The SMILES string of the molecule is CN(C)c1nc2c(c(N3C[C@@H]4[C@H](CO)[C@H]5CC[C@]4(C3)O5)n1)CCCC2. The Hall–Kier alpha value is -1.40. The second-order valence-corrected chi connectivity index (χ2v) is 8.47. The van der Waals surface area contributed by atoms with Crippen LogP contribution in [0.15, 0.2) is 0 Å². The van der Waals surface area contributed by atoms with Crippen LogP contribution >= 0.6 is 0 Å². The maximum absolute atomic E-state index is 9.87. The predicted octanol–water partition coefficient (Wildman–Crippen LogP) is 1.40. The van der Waals surface area contributed by atoms with E-state index in [1.165, 1.54) is 24.1 Å². The molecule has 0 radical (unpaired) electrons. The first kappa shape index (κ1) is 15.8. The Labute approximate surface area is 149 Å². The number of aliphatic hydroxyl groups is 1. The summed E-state index contributed by atoms with van der Waals surface area (Å²) in [5, 5.41) is 9.87. The van der Waals surface area contributed by atoms with Crippen molar-refractivity contribution >= 4 is 11.8 Å². The predicted molar refractivity (Wildman–Crippen MR) is 96.1 cm³/mol. The van der Waals surface area contributed by atoms with E-state index in [1.54, 1.807) is 0 Å². The minimum atomic E-state index is -0.0527. The van der Waals surface area contributed by atoms with Gasteiger partial charge in [0.2, 0.25) is 5.95 Å². The van der Waals surface area contributed by atoms with Crippen molar-refractivity contribution in [3.05, 3.63) is 11.3 Å². The number of fused-ring (bicyclic) bond motifs is 2. The van der Waals surface area contributed by atoms with Crippen molar-refractivity contribution in [3.63, 3.8) is 0 Å². The summed E-state index contributed by atoms with van der Waals surface area (Å²) in [7, 11) is 4.02. The Kier molecular flexibility index (Phi) is 3.51. The third-order valence-corrected chi connectivity index (χ3v) is 6.84. The maximum Gasteiger partial charge on any atom is 0.227 e. The molecule has 1 aliphatic carbocycles. The van der Waals surface area contributed by atoms with Gasteiger partial charge in [-0.2, -0.15) is 4.98 Å². The first-order valence-corrected chi connectivity index (χ1v) is 9.72. The number of anilines is 2. The molecule has 4 aliphatic rings. The van der Waals surface area contributed by atoms with E-state index in [9.17, 15) is 5.11 Å². The second kappa shape index (κ2) is 5.55. The summed E-state index contributed by atoms with van der Waals surface area (Å²) < 4.78 is 6.41. The summed E-state index contributed by atoms with van der Waals surface area (Å²) in [6.45, 7) is 2.12. The number of nitrogens with zero attached hydrogens (tertiary/aromatic N) is 4. The summed E-state index contributed by atoms with van der Waals surface area (Å²) >= 11 is 0. The summed E-state index contributed by atoms with van der Waals surface area (Å²) in [5.74, 6) is 2.67. The molecular formula is C19H28N4O2. The third-order valence-electron chi connectivity index (χ3n) is 6.84. The van der Waals surface area contributed by atoms with Gasteiger partial charge < -0.3 is 19.6 Å². The number of hydrogen-bond acceptors (Lipinski definition) is 6. The molecule has 0 aromatic carbocycles. The van der Waals surface area contributed by atoms with Crippen molar-refractivity contribution in [1.29, 1.82) is 0 Å². The minimum absolute atomic E-state index is 0.0527. The summed E-state index contributed by atoms with van der Waals surface area (Å²) in [5.41, 5.74) is 2.53. The van der Waals surface area contributed by atoms with Crippen LogP contribution in [0.1, 0.15) is 36.9 Å². The van der Waals surface area contributed by atoms with Crippen LogP contribution in [0.2, 0.25) is 0 Å². The first-order chi connectivity index (χ1) is 12.1.